The van der Waals surface area contributed by atoms with Gasteiger partial charge in [-0.15, -0.1) is 0 Å². The molecule has 0 unspecified atom stereocenters. The first kappa shape index (κ1) is 17.2. The van der Waals surface area contributed by atoms with E-state index < -0.39 is 0 Å². The number of benzene rings is 1. The van der Waals surface area contributed by atoms with E-state index in [9.17, 15) is 4.79 Å². The molecule has 2 heterocycles. The zero-order valence-electron chi connectivity index (χ0n) is 14.1. The fourth-order valence-electron chi connectivity index (χ4n) is 2.32. The van der Waals surface area contributed by atoms with Crippen molar-refractivity contribution in [1.29, 1.82) is 0 Å². The highest BCUT2D eigenvalue weighted by Gasteiger charge is 2.16. The van der Waals surface area contributed by atoms with Gasteiger partial charge in [0.05, 0.1) is 23.8 Å². The molecule has 0 aliphatic rings. The molecule has 1 amide bonds. The standard InChI is InChI=1S/C19H19N3O2S/c1-13(19(23)20-12-16-9-6-10-24-16)25-18-11-17(21-14(2)22-18)15-7-4-3-5-8-15/h3-11,13H,12H2,1-2H3,(H,20,23)/t13-/m1/s1. The summed E-state index contributed by atoms with van der Waals surface area (Å²) in [6.45, 7) is 4.11. The maximum absolute atomic E-state index is 12.3. The Kier molecular flexibility index (Phi) is 5.50. The summed E-state index contributed by atoms with van der Waals surface area (Å²) in [5, 5.41) is 3.38. The van der Waals surface area contributed by atoms with E-state index in [0.29, 0.717) is 12.4 Å². The maximum atomic E-state index is 12.3. The molecule has 0 aliphatic carbocycles. The molecule has 0 saturated heterocycles. The minimum absolute atomic E-state index is 0.0565. The van der Waals surface area contributed by atoms with Crippen LogP contribution >= 0.6 is 11.8 Å². The van der Waals surface area contributed by atoms with E-state index in [1.165, 1.54) is 11.8 Å². The van der Waals surface area contributed by atoms with Gasteiger partial charge in [0.15, 0.2) is 0 Å². The highest BCUT2D eigenvalue weighted by Crippen LogP contribution is 2.26. The number of nitrogens with zero attached hydrogens (tertiary/aromatic N) is 2. The highest BCUT2D eigenvalue weighted by atomic mass is 32.2. The first-order valence-corrected chi connectivity index (χ1v) is 8.87. The van der Waals surface area contributed by atoms with Gasteiger partial charge >= 0.3 is 0 Å². The SMILES string of the molecule is Cc1nc(S[C@H](C)C(=O)NCc2ccco2)cc(-c2ccccc2)n1. The van der Waals surface area contributed by atoms with Crippen molar-refractivity contribution in [2.75, 3.05) is 0 Å². The number of furan rings is 1. The lowest BCUT2D eigenvalue weighted by molar-refractivity contribution is -0.120. The van der Waals surface area contributed by atoms with Gasteiger partial charge in [-0.05, 0) is 32.0 Å². The van der Waals surface area contributed by atoms with Crippen LogP contribution in [0.4, 0.5) is 0 Å². The van der Waals surface area contributed by atoms with Crippen LogP contribution in [0.5, 0.6) is 0 Å². The van der Waals surface area contributed by atoms with Crippen LogP contribution in [0.25, 0.3) is 11.3 Å². The summed E-state index contributed by atoms with van der Waals surface area (Å²) in [4.78, 5) is 21.2. The summed E-state index contributed by atoms with van der Waals surface area (Å²) in [7, 11) is 0. The van der Waals surface area contributed by atoms with Gasteiger partial charge in [-0.1, -0.05) is 42.1 Å². The Labute approximate surface area is 150 Å². The van der Waals surface area contributed by atoms with Crippen LogP contribution < -0.4 is 5.32 Å². The van der Waals surface area contributed by atoms with Crippen molar-refractivity contribution in [1.82, 2.24) is 15.3 Å². The molecule has 0 spiro atoms. The second kappa shape index (κ2) is 7.98. The minimum atomic E-state index is -0.270. The van der Waals surface area contributed by atoms with Crippen molar-refractivity contribution in [2.45, 2.75) is 30.7 Å². The van der Waals surface area contributed by atoms with Crippen LogP contribution in [-0.2, 0) is 11.3 Å². The Morgan fingerprint density at radius 1 is 1.20 bits per heavy atom. The Balaban J connectivity index is 1.67. The van der Waals surface area contributed by atoms with Crippen LogP contribution in [0.3, 0.4) is 0 Å². The van der Waals surface area contributed by atoms with E-state index in [4.69, 9.17) is 4.42 Å². The van der Waals surface area contributed by atoms with Gasteiger partial charge in [0.2, 0.25) is 5.91 Å². The van der Waals surface area contributed by atoms with Crippen LogP contribution in [0.1, 0.15) is 18.5 Å². The number of rotatable bonds is 6. The molecule has 0 aliphatic heterocycles. The van der Waals surface area contributed by atoms with Crippen molar-refractivity contribution in [3.8, 4) is 11.3 Å². The number of aryl methyl sites for hydroxylation is 1. The summed E-state index contributed by atoms with van der Waals surface area (Å²) < 4.78 is 5.22. The fourth-order valence-corrected chi connectivity index (χ4v) is 3.24. The third kappa shape index (κ3) is 4.70. The monoisotopic (exact) mass is 353 g/mol. The summed E-state index contributed by atoms with van der Waals surface area (Å²) in [5.41, 5.74) is 1.89. The highest BCUT2D eigenvalue weighted by molar-refractivity contribution is 8.00. The number of amides is 1. The lowest BCUT2D eigenvalue weighted by Crippen LogP contribution is -2.30. The van der Waals surface area contributed by atoms with Crippen LogP contribution in [0.15, 0.2) is 64.2 Å². The molecule has 25 heavy (non-hydrogen) atoms. The number of nitrogens with one attached hydrogen (secondary N) is 1. The lowest BCUT2D eigenvalue weighted by Gasteiger charge is -2.12. The third-order valence-electron chi connectivity index (χ3n) is 3.57. The average Bonchev–Trinajstić information content (AvgIpc) is 3.13. The van der Waals surface area contributed by atoms with E-state index in [-0.39, 0.29) is 11.2 Å². The van der Waals surface area contributed by atoms with Crippen molar-refractivity contribution < 1.29 is 9.21 Å². The molecule has 3 aromatic rings. The number of aromatic nitrogens is 2. The number of hydrogen-bond donors (Lipinski definition) is 1. The molecule has 3 rings (SSSR count). The fraction of sp³-hybridized carbons (Fsp3) is 0.211. The predicted molar refractivity (Wildman–Crippen MR) is 98.1 cm³/mol. The van der Waals surface area contributed by atoms with Crippen molar-refractivity contribution >= 4 is 17.7 Å². The molecule has 1 aromatic carbocycles. The molecule has 1 N–H and O–H groups in total. The van der Waals surface area contributed by atoms with Crippen LogP contribution in [-0.4, -0.2) is 21.1 Å². The minimum Gasteiger partial charge on any atom is -0.467 e. The average molecular weight is 353 g/mol. The van der Waals surface area contributed by atoms with Gasteiger partial charge in [-0.3, -0.25) is 4.79 Å². The number of thioether (sulfide) groups is 1. The molecule has 5 nitrogen and oxygen atoms in total. The van der Waals surface area contributed by atoms with Gasteiger partial charge in [0.1, 0.15) is 16.6 Å². The molecule has 6 heteroatoms. The second-order valence-corrected chi connectivity index (χ2v) is 6.92. The first-order valence-electron chi connectivity index (χ1n) is 7.99. The Morgan fingerprint density at radius 2 is 2.00 bits per heavy atom. The van der Waals surface area contributed by atoms with Gasteiger partial charge in [-0.25, -0.2) is 9.97 Å². The first-order chi connectivity index (χ1) is 12.1. The molecule has 0 bridgehead atoms. The maximum Gasteiger partial charge on any atom is 0.233 e. The van der Waals surface area contributed by atoms with E-state index >= 15 is 0 Å². The van der Waals surface area contributed by atoms with Crippen molar-refractivity contribution in [2.24, 2.45) is 0 Å². The van der Waals surface area contributed by atoms with Crippen LogP contribution in [0.2, 0.25) is 0 Å². The molecule has 0 saturated carbocycles. The summed E-state index contributed by atoms with van der Waals surface area (Å²) in [6, 6.07) is 15.5. The second-order valence-electron chi connectivity index (χ2n) is 5.56. The van der Waals surface area contributed by atoms with E-state index in [1.54, 1.807) is 12.3 Å². The number of carbonyl (C=O) groups excluding carboxylic acids is 1. The summed E-state index contributed by atoms with van der Waals surface area (Å²) in [6.07, 6.45) is 1.59. The Bertz CT molecular complexity index is 835. The van der Waals surface area contributed by atoms with E-state index in [2.05, 4.69) is 15.3 Å². The lowest BCUT2D eigenvalue weighted by atomic mass is 10.1. The van der Waals surface area contributed by atoms with Gasteiger partial charge in [0, 0.05) is 5.56 Å². The van der Waals surface area contributed by atoms with E-state index in [0.717, 1.165) is 22.0 Å². The molecule has 0 radical (unpaired) electrons. The smallest absolute Gasteiger partial charge is 0.233 e. The summed E-state index contributed by atoms with van der Waals surface area (Å²) >= 11 is 1.42. The third-order valence-corrected chi connectivity index (χ3v) is 4.59. The van der Waals surface area contributed by atoms with Crippen molar-refractivity contribution in [3.63, 3.8) is 0 Å². The number of carbonyl (C=O) groups is 1. The molecule has 1 atom stereocenters. The molecule has 0 fully saturated rings. The van der Waals surface area contributed by atoms with Gasteiger partial charge < -0.3 is 9.73 Å². The van der Waals surface area contributed by atoms with Gasteiger partial charge in [-0.2, -0.15) is 0 Å². The largest absolute Gasteiger partial charge is 0.467 e. The predicted octanol–water partition coefficient (Wildman–Crippen LogP) is 3.84. The zero-order valence-corrected chi connectivity index (χ0v) is 14.9. The number of hydrogen-bond acceptors (Lipinski definition) is 5. The molecular formula is C19H19N3O2S. The topological polar surface area (TPSA) is 68.0 Å². The molecular weight excluding hydrogens is 334 g/mol. The van der Waals surface area contributed by atoms with Gasteiger partial charge in [0.25, 0.3) is 0 Å². The normalized spacial score (nSPS) is 11.9. The molecule has 128 valence electrons. The van der Waals surface area contributed by atoms with Crippen molar-refractivity contribution in [3.05, 3.63) is 66.4 Å². The quantitative estimate of drug-likeness (QED) is 0.539. The Hall–Kier alpha value is -2.60. The molecule has 2 aromatic heterocycles. The summed E-state index contributed by atoms with van der Waals surface area (Å²) in [5.74, 6) is 1.36. The Morgan fingerprint density at radius 3 is 2.72 bits per heavy atom. The van der Waals surface area contributed by atoms with Crippen LogP contribution in [0, 0.1) is 6.92 Å². The zero-order chi connectivity index (χ0) is 17.6. The van der Waals surface area contributed by atoms with E-state index in [1.807, 2.05) is 56.3 Å².